The van der Waals surface area contributed by atoms with E-state index in [0.29, 0.717) is 6.04 Å². The zero-order valence-electron chi connectivity index (χ0n) is 12.1. The van der Waals surface area contributed by atoms with Gasteiger partial charge >= 0.3 is 0 Å². The van der Waals surface area contributed by atoms with Crippen LogP contribution in [0.5, 0.6) is 0 Å². The molecule has 0 aliphatic heterocycles. The van der Waals surface area contributed by atoms with E-state index in [9.17, 15) is 0 Å². The minimum absolute atomic E-state index is 0.699. The van der Waals surface area contributed by atoms with Crippen molar-refractivity contribution in [2.75, 3.05) is 11.9 Å². The van der Waals surface area contributed by atoms with Crippen LogP contribution < -0.4 is 10.2 Å². The number of aromatic nitrogens is 2. The Kier molecular flexibility index (Phi) is 4.51. The van der Waals surface area contributed by atoms with Crippen molar-refractivity contribution in [2.24, 2.45) is 0 Å². The van der Waals surface area contributed by atoms with Crippen LogP contribution in [0, 0.1) is 0 Å². The van der Waals surface area contributed by atoms with Gasteiger partial charge in [0.2, 0.25) is 0 Å². The number of benzene rings is 1. The van der Waals surface area contributed by atoms with E-state index >= 15 is 0 Å². The van der Waals surface area contributed by atoms with Crippen LogP contribution in [0.15, 0.2) is 41.1 Å². The van der Waals surface area contributed by atoms with Crippen LogP contribution >= 0.6 is 15.9 Å². The summed E-state index contributed by atoms with van der Waals surface area (Å²) >= 11 is 3.58. The fourth-order valence-corrected chi connectivity index (χ4v) is 2.55. The van der Waals surface area contributed by atoms with Crippen LogP contribution in [0.25, 0.3) is 0 Å². The molecule has 21 heavy (non-hydrogen) atoms. The van der Waals surface area contributed by atoms with Gasteiger partial charge in [-0.1, -0.05) is 34.1 Å². The summed E-state index contributed by atoms with van der Waals surface area (Å²) in [6, 6.07) is 8.94. The third kappa shape index (κ3) is 4.02. The van der Waals surface area contributed by atoms with Gasteiger partial charge in [-0.25, -0.2) is 4.98 Å². The molecule has 1 saturated carbocycles. The molecule has 1 N–H and O–H groups in total. The molecule has 1 aromatic carbocycles. The molecular formula is C16H19BrN4. The molecule has 1 aliphatic rings. The largest absolute Gasteiger partial charge is 0.354 e. The average Bonchev–Trinajstić information content (AvgIpc) is 3.32. The molecule has 2 aromatic rings. The summed E-state index contributed by atoms with van der Waals surface area (Å²) < 4.78 is 1.12. The van der Waals surface area contributed by atoms with Crippen molar-refractivity contribution in [1.29, 1.82) is 0 Å². The molecule has 0 bridgehead atoms. The normalized spacial score (nSPS) is 14.2. The van der Waals surface area contributed by atoms with Gasteiger partial charge in [0.25, 0.3) is 0 Å². The first-order valence-corrected chi connectivity index (χ1v) is 8.00. The van der Waals surface area contributed by atoms with Crippen molar-refractivity contribution in [3.05, 3.63) is 52.4 Å². The zero-order valence-corrected chi connectivity index (χ0v) is 13.7. The SMILES string of the molecule is CN(Cc1ccccc1Br)c1cnc(CNC2CC2)cn1. The monoisotopic (exact) mass is 346 g/mol. The van der Waals surface area contributed by atoms with Crippen LogP contribution in [0.1, 0.15) is 24.1 Å². The molecule has 0 spiro atoms. The first-order valence-electron chi connectivity index (χ1n) is 7.21. The number of anilines is 1. The number of nitrogens with zero attached hydrogens (tertiary/aromatic N) is 3. The van der Waals surface area contributed by atoms with E-state index in [-0.39, 0.29) is 0 Å². The fraction of sp³-hybridized carbons (Fsp3) is 0.375. The Morgan fingerprint density at radius 2 is 2.05 bits per heavy atom. The molecule has 1 aromatic heterocycles. The summed E-state index contributed by atoms with van der Waals surface area (Å²) in [5, 5.41) is 3.45. The highest BCUT2D eigenvalue weighted by atomic mass is 79.9. The second-order valence-electron chi connectivity index (χ2n) is 5.47. The van der Waals surface area contributed by atoms with Gasteiger partial charge in [0.05, 0.1) is 18.1 Å². The molecule has 0 amide bonds. The lowest BCUT2D eigenvalue weighted by Crippen LogP contribution is -2.20. The lowest BCUT2D eigenvalue weighted by Gasteiger charge is -2.18. The van der Waals surface area contributed by atoms with E-state index in [1.807, 2.05) is 31.6 Å². The fourth-order valence-electron chi connectivity index (χ4n) is 2.14. The average molecular weight is 347 g/mol. The Morgan fingerprint density at radius 1 is 1.24 bits per heavy atom. The Morgan fingerprint density at radius 3 is 2.71 bits per heavy atom. The molecule has 0 unspecified atom stereocenters. The molecule has 5 heteroatoms. The van der Waals surface area contributed by atoms with Crippen LogP contribution in [0.3, 0.4) is 0 Å². The van der Waals surface area contributed by atoms with Gasteiger partial charge in [-0.05, 0) is 24.5 Å². The Labute approximate surface area is 133 Å². The highest BCUT2D eigenvalue weighted by molar-refractivity contribution is 9.10. The first-order chi connectivity index (χ1) is 10.2. The van der Waals surface area contributed by atoms with Crippen LogP contribution in [-0.2, 0) is 13.1 Å². The quantitative estimate of drug-likeness (QED) is 0.872. The van der Waals surface area contributed by atoms with E-state index in [0.717, 1.165) is 29.1 Å². The predicted molar refractivity (Wildman–Crippen MR) is 88.1 cm³/mol. The number of halogens is 1. The molecule has 110 valence electrons. The Bertz CT molecular complexity index is 595. The van der Waals surface area contributed by atoms with Gasteiger partial charge in [0, 0.05) is 30.7 Å². The number of rotatable bonds is 6. The Hall–Kier alpha value is -1.46. The van der Waals surface area contributed by atoms with Gasteiger partial charge in [-0.3, -0.25) is 4.98 Å². The van der Waals surface area contributed by atoms with Gasteiger partial charge in [-0.15, -0.1) is 0 Å². The van der Waals surface area contributed by atoms with Gasteiger partial charge < -0.3 is 10.2 Å². The molecule has 1 heterocycles. The van der Waals surface area contributed by atoms with Crippen LogP contribution in [-0.4, -0.2) is 23.1 Å². The van der Waals surface area contributed by atoms with Crippen molar-refractivity contribution in [1.82, 2.24) is 15.3 Å². The summed E-state index contributed by atoms with van der Waals surface area (Å²) in [4.78, 5) is 11.1. The summed E-state index contributed by atoms with van der Waals surface area (Å²) in [7, 11) is 2.03. The first kappa shape index (κ1) is 14.5. The predicted octanol–water partition coefficient (Wildman–Crippen LogP) is 3.13. The third-order valence-electron chi connectivity index (χ3n) is 3.60. The second-order valence-corrected chi connectivity index (χ2v) is 6.32. The minimum atomic E-state index is 0.699. The van der Waals surface area contributed by atoms with Crippen LogP contribution in [0.4, 0.5) is 5.82 Å². The van der Waals surface area contributed by atoms with E-state index < -0.39 is 0 Å². The molecule has 4 nitrogen and oxygen atoms in total. The smallest absolute Gasteiger partial charge is 0.147 e. The van der Waals surface area contributed by atoms with Gasteiger partial charge in [0.1, 0.15) is 5.82 Å². The second kappa shape index (κ2) is 6.54. The molecule has 3 rings (SSSR count). The standard InChI is InChI=1S/C16H19BrN4/c1-21(11-12-4-2-3-5-15(12)17)16-10-19-14(9-20-16)8-18-13-6-7-13/h2-5,9-10,13,18H,6-8,11H2,1H3. The van der Waals surface area contributed by atoms with E-state index in [2.05, 4.69) is 48.2 Å². The highest BCUT2D eigenvalue weighted by Crippen LogP contribution is 2.20. The van der Waals surface area contributed by atoms with Crippen LogP contribution in [0.2, 0.25) is 0 Å². The molecule has 1 aliphatic carbocycles. The topological polar surface area (TPSA) is 41.1 Å². The molecule has 0 radical (unpaired) electrons. The lowest BCUT2D eigenvalue weighted by atomic mass is 10.2. The zero-order chi connectivity index (χ0) is 14.7. The molecule has 1 fully saturated rings. The maximum absolute atomic E-state index is 4.51. The summed E-state index contributed by atoms with van der Waals surface area (Å²) in [5.74, 6) is 0.890. The summed E-state index contributed by atoms with van der Waals surface area (Å²) in [5.41, 5.74) is 2.24. The number of hydrogen-bond donors (Lipinski definition) is 1. The summed E-state index contributed by atoms with van der Waals surface area (Å²) in [6.07, 6.45) is 6.29. The lowest BCUT2D eigenvalue weighted by molar-refractivity contribution is 0.671. The summed E-state index contributed by atoms with van der Waals surface area (Å²) in [6.45, 7) is 1.61. The number of nitrogens with one attached hydrogen (secondary N) is 1. The van der Waals surface area contributed by atoms with E-state index in [1.165, 1.54) is 18.4 Å². The highest BCUT2D eigenvalue weighted by Gasteiger charge is 2.20. The van der Waals surface area contributed by atoms with Crippen molar-refractivity contribution >= 4 is 21.7 Å². The van der Waals surface area contributed by atoms with Crippen molar-refractivity contribution in [3.63, 3.8) is 0 Å². The van der Waals surface area contributed by atoms with E-state index in [4.69, 9.17) is 0 Å². The van der Waals surface area contributed by atoms with Crippen molar-refractivity contribution in [3.8, 4) is 0 Å². The molecular weight excluding hydrogens is 328 g/mol. The van der Waals surface area contributed by atoms with E-state index in [1.54, 1.807) is 0 Å². The van der Waals surface area contributed by atoms with Gasteiger partial charge in [0.15, 0.2) is 0 Å². The van der Waals surface area contributed by atoms with Gasteiger partial charge in [-0.2, -0.15) is 0 Å². The Balaban J connectivity index is 1.61. The molecule has 0 atom stereocenters. The maximum atomic E-state index is 4.51. The molecule has 0 saturated heterocycles. The van der Waals surface area contributed by atoms with Crippen molar-refractivity contribution in [2.45, 2.75) is 32.0 Å². The van der Waals surface area contributed by atoms with Crippen molar-refractivity contribution < 1.29 is 0 Å². The third-order valence-corrected chi connectivity index (χ3v) is 4.37. The number of hydrogen-bond acceptors (Lipinski definition) is 4. The minimum Gasteiger partial charge on any atom is -0.354 e. The maximum Gasteiger partial charge on any atom is 0.147 e.